The molecule has 1 aromatic heterocycles. The van der Waals surface area contributed by atoms with Crippen molar-refractivity contribution in [3.8, 4) is 5.69 Å². The molecule has 10 heteroatoms. The quantitative estimate of drug-likeness (QED) is 0.662. The summed E-state index contributed by atoms with van der Waals surface area (Å²) < 4.78 is 1.13. The number of non-ortho nitro benzene ring substituents is 2. The van der Waals surface area contributed by atoms with Gasteiger partial charge in [-0.2, -0.15) is 0 Å². The number of aliphatic hydroxyl groups is 1. The number of nitro benzene ring substituents is 2. The van der Waals surface area contributed by atoms with E-state index in [9.17, 15) is 25.3 Å². The van der Waals surface area contributed by atoms with Crippen molar-refractivity contribution in [3.05, 3.63) is 50.3 Å². The molecular weight excluding hydrogens is 282 g/mol. The molecule has 0 aliphatic rings. The normalized spacial score (nSPS) is 11.4. The van der Waals surface area contributed by atoms with E-state index in [1.807, 2.05) is 0 Å². The van der Waals surface area contributed by atoms with Gasteiger partial charge < -0.3 is 5.11 Å². The van der Waals surface area contributed by atoms with Gasteiger partial charge in [-0.05, 0) is 13.8 Å². The summed E-state index contributed by atoms with van der Waals surface area (Å²) in [4.78, 5) is 20.2. The van der Waals surface area contributed by atoms with Gasteiger partial charge >= 0.3 is 0 Å². The number of hydrogen-bond donors (Lipinski definition) is 1. The van der Waals surface area contributed by atoms with Gasteiger partial charge in [0.2, 0.25) is 0 Å². The zero-order valence-corrected chi connectivity index (χ0v) is 11.1. The Labute approximate surface area is 117 Å². The van der Waals surface area contributed by atoms with Crippen LogP contribution in [0.5, 0.6) is 0 Å². The zero-order chi connectivity index (χ0) is 15.8. The maximum absolute atomic E-state index is 10.8. The highest BCUT2D eigenvalue weighted by molar-refractivity contribution is 5.52. The van der Waals surface area contributed by atoms with Crippen LogP contribution in [0, 0.1) is 20.2 Å². The lowest BCUT2D eigenvalue weighted by atomic mass is 10.1. The van der Waals surface area contributed by atoms with Gasteiger partial charge in [0.05, 0.1) is 27.8 Å². The third kappa shape index (κ3) is 3.00. The van der Waals surface area contributed by atoms with Gasteiger partial charge in [0.15, 0.2) is 0 Å². The Bertz CT molecular complexity index is 686. The van der Waals surface area contributed by atoms with Crippen LogP contribution in [0.1, 0.15) is 19.5 Å². The van der Waals surface area contributed by atoms with E-state index in [-0.39, 0.29) is 11.4 Å². The first-order valence-electron chi connectivity index (χ1n) is 5.78. The van der Waals surface area contributed by atoms with E-state index in [0.29, 0.717) is 0 Å². The second-order valence-corrected chi connectivity index (χ2v) is 4.83. The van der Waals surface area contributed by atoms with Crippen LogP contribution in [0.15, 0.2) is 24.4 Å². The molecule has 2 aromatic rings. The first kappa shape index (κ1) is 14.5. The number of hydrogen-bond acceptors (Lipinski definition) is 7. The highest BCUT2D eigenvalue weighted by Crippen LogP contribution is 2.25. The molecule has 1 heterocycles. The Morgan fingerprint density at radius 3 is 2.05 bits per heavy atom. The van der Waals surface area contributed by atoms with Crippen molar-refractivity contribution in [3.63, 3.8) is 0 Å². The van der Waals surface area contributed by atoms with Crippen LogP contribution in [0.4, 0.5) is 11.4 Å². The summed E-state index contributed by atoms with van der Waals surface area (Å²) in [5.41, 5.74) is -1.76. The molecular formula is C11H11N5O5. The molecule has 0 fully saturated rings. The van der Waals surface area contributed by atoms with Crippen molar-refractivity contribution in [1.82, 2.24) is 15.0 Å². The molecule has 0 aliphatic carbocycles. The molecule has 2 rings (SSSR count). The Kier molecular flexibility index (Phi) is 3.39. The predicted octanol–water partition coefficient (Wildman–Crippen LogP) is 1.31. The van der Waals surface area contributed by atoms with Crippen molar-refractivity contribution in [2.45, 2.75) is 19.4 Å². The SMILES string of the molecule is CC(C)(O)c1cn(-c2cc([N+](=O)[O-])cc([N+](=O)[O-])c2)nn1. The summed E-state index contributed by atoms with van der Waals surface area (Å²) in [6, 6.07) is 3.13. The molecule has 21 heavy (non-hydrogen) atoms. The summed E-state index contributed by atoms with van der Waals surface area (Å²) >= 11 is 0. The van der Waals surface area contributed by atoms with E-state index in [4.69, 9.17) is 0 Å². The summed E-state index contributed by atoms with van der Waals surface area (Å²) in [5, 5.41) is 38.9. The number of rotatable bonds is 4. The Balaban J connectivity index is 2.55. The van der Waals surface area contributed by atoms with Gasteiger partial charge in [-0.1, -0.05) is 5.21 Å². The molecule has 0 amide bonds. The van der Waals surface area contributed by atoms with Crippen LogP contribution >= 0.6 is 0 Å². The van der Waals surface area contributed by atoms with E-state index >= 15 is 0 Å². The predicted molar refractivity (Wildman–Crippen MR) is 69.9 cm³/mol. The average Bonchev–Trinajstić information content (AvgIpc) is 2.87. The van der Waals surface area contributed by atoms with Gasteiger partial charge in [-0.15, -0.1) is 5.10 Å². The standard InChI is InChI=1S/C11H11N5O5/c1-11(2,17)10-6-14(13-12-10)7-3-8(15(18)19)5-9(4-7)16(20)21/h3-6,17H,1-2H3. The molecule has 110 valence electrons. The molecule has 0 atom stereocenters. The van der Waals surface area contributed by atoms with Crippen LogP contribution in [0.3, 0.4) is 0 Å². The Hall–Kier alpha value is -2.88. The minimum Gasteiger partial charge on any atom is -0.384 e. The summed E-state index contributed by atoms with van der Waals surface area (Å²) in [5.74, 6) is 0. The number of benzene rings is 1. The third-order valence-electron chi connectivity index (χ3n) is 2.69. The highest BCUT2D eigenvalue weighted by atomic mass is 16.6. The molecule has 0 saturated heterocycles. The molecule has 10 nitrogen and oxygen atoms in total. The van der Waals surface area contributed by atoms with E-state index in [2.05, 4.69) is 10.3 Å². The monoisotopic (exact) mass is 293 g/mol. The van der Waals surface area contributed by atoms with E-state index < -0.39 is 26.8 Å². The molecule has 1 aromatic carbocycles. The van der Waals surface area contributed by atoms with Gasteiger partial charge in [-0.25, -0.2) is 4.68 Å². The fourth-order valence-electron chi connectivity index (χ4n) is 1.59. The molecule has 0 unspecified atom stereocenters. The van der Waals surface area contributed by atoms with E-state index in [0.717, 1.165) is 22.9 Å². The maximum atomic E-state index is 10.8. The van der Waals surface area contributed by atoms with Crippen LogP contribution in [-0.4, -0.2) is 29.9 Å². The minimum absolute atomic E-state index is 0.110. The van der Waals surface area contributed by atoms with Crippen molar-refractivity contribution in [2.24, 2.45) is 0 Å². The van der Waals surface area contributed by atoms with Crippen molar-refractivity contribution in [1.29, 1.82) is 0 Å². The summed E-state index contributed by atoms with van der Waals surface area (Å²) in [7, 11) is 0. The van der Waals surface area contributed by atoms with E-state index in [1.165, 1.54) is 20.0 Å². The Morgan fingerprint density at radius 2 is 1.67 bits per heavy atom. The first-order chi connectivity index (χ1) is 9.68. The number of aromatic nitrogens is 3. The smallest absolute Gasteiger partial charge is 0.278 e. The van der Waals surface area contributed by atoms with Crippen LogP contribution in [0.2, 0.25) is 0 Å². The molecule has 0 radical (unpaired) electrons. The van der Waals surface area contributed by atoms with Crippen LogP contribution in [0.25, 0.3) is 5.69 Å². The van der Waals surface area contributed by atoms with Crippen molar-refractivity contribution < 1.29 is 15.0 Å². The largest absolute Gasteiger partial charge is 0.384 e. The topological polar surface area (TPSA) is 137 Å². The minimum atomic E-state index is -1.25. The lowest BCUT2D eigenvalue weighted by Crippen LogP contribution is -2.15. The molecule has 1 N–H and O–H groups in total. The van der Waals surface area contributed by atoms with Crippen molar-refractivity contribution >= 4 is 11.4 Å². The van der Waals surface area contributed by atoms with Gasteiger partial charge in [0, 0.05) is 12.1 Å². The zero-order valence-electron chi connectivity index (χ0n) is 11.1. The average molecular weight is 293 g/mol. The van der Waals surface area contributed by atoms with Crippen LogP contribution in [-0.2, 0) is 5.60 Å². The second kappa shape index (κ2) is 4.90. The third-order valence-corrected chi connectivity index (χ3v) is 2.69. The van der Waals surface area contributed by atoms with Crippen molar-refractivity contribution in [2.75, 3.05) is 0 Å². The molecule has 0 saturated carbocycles. The van der Waals surface area contributed by atoms with Gasteiger partial charge in [0.25, 0.3) is 11.4 Å². The fraction of sp³-hybridized carbons (Fsp3) is 0.273. The lowest BCUT2D eigenvalue weighted by Gasteiger charge is -2.11. The van der Waals surface area contributed by atoms with Gasteiger partial charge in [0.1, 0.15) is 11.3 Å². The molecule has 0 bridgehead atoms. The highest BCUT2D eigenvalue weighted by Gasteiger charge is 2.22. The second-order valence-electron chi connectivity index (χ2n) is 4.83. The molecule has 0 spiro atoms. The Morgan fingerprint density at radius 1 is 1.14 bits per heavy atom. The van der Waals surface area contributed by atoms with Crippen LogP contribution < -0.4 is 0 Å². The maximum Gasteiger partial charge on any atom is 0.278 e. The van der Waals surface area contributed by atoms with Gasteiger partial charge in [-0.3, -0.25) is 20.2 Å². The summed E-state index contributed by atoms with van der Waals surface area (Å²) in [6.07, 6.45) is 1.35. The fourth-order valence-corrected chi connectivity index (χ4v) is 1.59. The summed E-state index contributed by atoms with van der Waals surface area (Å²) in [6.45, 7) is 2.99. The lowest BCUT2D eigenvalue weighted by molar-refractivity contribution is -0.394. The first-order valence-corrected chi connectivity index (χ1v) is 5.78. The van der Waals surface area contributed by atoms with E-state index in [1.54, 1.807) is 0 Å². The number of nitro groups is 2. The number of nitrogens with zero attached hydrogens (tertiary/aromatic N) is 5. The molecule has 0 aliphatic heterocycles.